The summed E-state index contributed by atoms with van der Waals surface area (Å²) in [7, 11) is 12.5. The van der Waals surface area contributed by atoms with E-state index in [1.165, 1.54) is 106 Å². The number of amides is 12. The summed E-state index contributed by atoms with van der Waals surface area (Å²) < 4.78 is 48.0. The van der Waals surface area contributed by atoms with E-state index in [1.807, 2.05) is 60.6 Å². The van der Waals surface area contributed by atoms with E-state index in [4.69, 9.17) is 16.3 Å². The van der Waals surface area contributed by atoms with Gasteiger partial charge in [-0.05, 0) is 106 Å². The monoisotopic (exact) mass is 1480 g/mol. The number of ether oxygens (including phenoxy) is 1. The van der Waals surface area contributed by atoms with Gasteiger partial charge in [-0.3, -0.25) is 57.5 Å². The van der Waals surface area contributed by atoms with Crippen molar-refractivity contribution in [1.29, 1.82) is 0 Å². The van der Waals surface area contributed by atoms with E-state index >= 15 is 24.0 Å². The van der Waals surface area contributed by atoms with Crippen LogP contribution in [-0.4, -0.2) is 265 Å². The summed E-state index contributed by atoms with van der Waals surface area (Å²) in [5.74, 6) is -9.88. The van der Waals surface area contributed by atoms with Crippen LogP contribution in [0.3, 0.4) is 0 Å². The van der Waals surface area contributed by atoms with Gasteiger partial charge in [-0.1, -0.05) is 129 Å². The average Bonchev–Trinajstić information content (AvgIpc) is 1.72. The standard InChI is InChI=1S/C75H114ClF3N12O13/c1-20-47(8)62-71(101)85(14)49(10)66(96)91-36-32-55(91)70(100)87(16)57(40-51-26-24-46(7)25-27-51)69(99)84(13)42-60(92)80-54(31-29-50-28-30-52(53(76)39-50)75(77,78)79)67(97)89(18)59(43-104-37-33-44(3)4)65(95)82-74(34-22-23-35-74)73(103)90(19)63(48(9)21-2)72(102)88(17)58(68(98)83(11)12)41-61(93)86(15)56(38-45(5)6)64(94)81-62/h24-28,30,39,44-45,47-49,54-59,62-63H,20-23,29,31-38,40-43H2,1-19H3,(H,80,92)(H,81,94)(H,82,95)/t47-,48-,49-,54-,55?,56-,57-,58-,59-,62-,63-/m0/s1. The van der Waals surface area contributed by atoms with E-state index in [9.17, 15) is 46.7 Å². The van der Waals surface area contributed by atoms with Crippen molar-refractivity contribution >= 4 is 82.5 Å². The van der Waals surface area contributed by atoms with Gasteiger partial charge in [0.1, 0.15) is 59.9 Å². The number of carbonyl (C=O) groups is 12. The van der Waals surface area contributed by atoms with Crippen LogP contribution in [0, 0.1) is 30.6 Å². The summed E-state index contributed by atoms with van der Waals surface area (Å²) in [6.45, 7) is 17.2. The first-order chi connectivity index (χ1) is 48.5. The van der Waals surface area contributed by atoms with Crippen LogP contribution in [0.15, 0.2) is 42.5 Å². The molecule has 25 nitrogen and oxygen atoms in total. The molecule has 580 valence electrons. The fourth-order valence-corrected chi connectivity index (χ4v) is 13.9. The van der Waals surface area contributed by atoms with E-state index in [2.05, 4.69) is 16.0 Å². The van der Waals surface area contributed by atoms with Crippen LogP contribution in [0.25, 0.3) is 0 Å². The maximum atomic E-state index is 15.6. The first-order valence-electron chi connectivity index (χ1n) is 36.3. The summed E-state index contributed by atoms with van der Waals surface area (Å²) in [6, 6.07) is -1.69. The fraction of sp³-hybridized carbons (Fsp3) is 0.680. The number of nitrogens with zero attached hydrogens (tertiary/aromatic N) is 9. The Balaban J connectivity index is 1.70. The third kappa shape index (κ3) is 21.7. The zero-order chi connectivity index (χ0) is 78.3. The molecule has 1 spiro atoms. The maximum Gasteiger partial charge on any atom is 0.417 e. The molecule has 3 N–H and O–H groups in total. The topological polar surface area (TPSA) is 279 Å². The van der Waals surface area contributed by atoms with Gasteiger partial charge in [0, 0.05) is 83.0 Å². The predicted molar refractivity (Wildman–Crippen MR) is 388 cm³/mol. The van der Waals surface area contributed by atoms with Crippen molar-refractivity contribution in [3.8, 4) is 0 Å². The van der Waals surface area contributed by atoms with Crippen LogP contribution in [0.5, 0.6) is 0 Å². The van der Waals surface area contributed by atoms with Crippen molar-refractivity contribution in [2.75, 3.05) is 89.7 Å². The summed E-state index contributed by atoms with van der Waals surface area (Å²) in [4.78, 5) is 191. The number of aryl methyl sites for hydroxylation is 2. The molecule has 0 bridgehead atoms. The molecule has 0 radical (unpaired) electrons. The minimum absolute atomic E-state index is 0.0651. The molecule has 11 atom stereocenters. The number of hydrogen-bond acceptors (Lipinski definition) is 13. The lowest BCUT2D eigenvalue weighted by molar-refractivity contribution is -0.160. The van der Waals surface area contributed by atoms with Crippen LogP contribution in [0.2, 0.25) is 5.02 Å². The van der Waals surface area contributed by atoms with Crippen molar-refractivity contribution in [3.63, 3.8) is 0 Å². The van der Waals surface area contributed by atoms with Gasteiger partial charge in [0.2, 0.25) is 70.9 Å². The smallest absolute Gasteiger partial charge is 0.379 e. The first-order valence-corrected chi connectivity index (χ1v) is 36.7. The van der Waals surface area contributed by atoms with Gasteiger partial charge in [-0.25, -0.2) is 0 Å². The third-order valence-corrected chi connectivity index (χ3v) is 21.5. The summed E-state index contributed by atoms with van der Waals surface area (Å²) in [6.07, 6.45) is -3.36. The van der Waals surface area contributed by atoms with E-state index < -0.39 is 179 Å². The molecule has 2 saturated heterocycles. The quantitative estimate of drug-likeness (QED) is 0.154. The molecule has 1 aliphatic carbocycles. The normalized spacial score (nSPS) is 25.0. The van der Waals surface area contributed by atoms with Gasteiger partial charge in [0.15, 0.2) is 0 Å². The second kappa shape index (κ2) is 37.9. The number of nitrogens with one attached hydrogen (secondary N) is 3. The Labute approximate surface area is 617 Å². The lowest BCUT2D eigenvalue weighted by Gasteiger charge is -2.45. The van der Waals surface area contributed by atoms with Crippen LogP contribution in [0.1, 0.15) is 155 Å². The van der Waals surface area contributed by atoms with Crippen LogP contribution >= 0.6 is 11.6 Å². The van der Waals surface area contributed by atoms with Crippen molar-refractivity contribution < 1.29 is 75.4 Å². The van der Waals surface area contributed by atoms with Crippen molar-refractivity contribution in [2.24, 2.45) is 23.7 Å². The van der Waals surface area contributed by atoms with E-state index in [1.54, 1.807) is 26.0 Å². The third-order valence-electron chi connectivity index (χ3n) is 21.2. The molecule has 1 unspecified atom stereocenters. The Morgan fingerprint density at radius 1 is 0.683 bits per heavy atom. The highest BCUT2D eigenvalue weighted by Gasteiger charge is 2.51. The number of carbonyl (C=O) groups excluding carboxylic acids is 12. The molecule has 104 heavy (non-hydrogen) atoms. The van der Waals surface area contributed by atoms with Crippen molar-refractivity contribution in [1.82, 2.24) is 60.0 Å². The molecule has 2 aromatic carbocycles. The predicted octanol–water partition coefficient (Wildman–Crippen LogP) is 5.98. The highest BCUT2D eigenvalue weighted by atomic mass is 35.5. The molecule has 1 saturated carbocycles. The average molecular weight is 1480 g/mol. The van der Waals surface area contributed by atoms with E-state index in [-0.39, 0.29) is 75.5 Å². The minimum Gasteiger partial charge on any atom is -0.379 e. The summed E-state index contributed by atoms with van der Waals surface area (Å²) >= 11 is 6.18. The zero-order valence-corrected chi connectivity index (χ0v) is 65.2. The molecule has 2 aromatic rings. The highest BCUT2D eigenvalue weighted by Crippen LogP contribution is 2.37. The van der Waals surface area contributed by atoms with Crippen molar-refractivity contribution in [3.05, 3.63) is 69.7 Å². The number of hydrogen-bond donors (Lipinski definition) is 3. The number of alkyl halides is 3. The SMILES string of the molecule is CC[C@H](C)[C@@H]1NC(=O)[C@H](CC(C)C)N(C)C(=O)C[C@@H](C(=O)N(C)C)N(C)C(=O)[C@H]([C@@H](C)CC)N(C)C(=O)C2(CCCC2)NC(=O)[C@H](COCCC(C)C)N(C)C(=O)[C@H](CCc2ccc(C(F)(F)F)c(Cl)c2)NC(=O)CN(C)C(=O)[C@H](Cc2ccc(C)cc2)N(C)C(=O)C2CCN2C(=O)[C@H](C)N(C)C1=O. The molecule has 2 aliphatic heterocycles. The Morgan fingerprint density at radius 3 is 1.82 bits per heavy atom. The Kier molecular flexibility index (Phi) is 31.6. The maximum absolute atomic E-state index is 15.6. The van der Waals surface area contributed by atoms with Crippen LogP contribution in [0.4, 0.5) is 13.2 Å². The number of rotatable bonds is 17. The molecule has 3 aliphatic rings. The largest absolute Gasteiger partial charge is 0.417 e. The number of fused-ring (bicyclic) bond motifs is 1. The second-order valence-corrected chi connectivity index (χ2v) is 30.4. The molecule has 12 amide bonds. The molecule has 0 aromatic heterocycles. The van der Waals surface area contributed by atoms with Gasteiger partial charge in [0.25, 0.3) is 0 Å². The Bertz CT molecular complexity index is 3390. The van der Waals surface area contributed by atoms with Gasteiger partial charge < -0.3 is 64.8 Å². The summed E-state index contributed by atoms with van der Waals surface area (Å²) in [5.41, 5.74) is -1.01. The lowest BCUT2D eigenvalue weighted by atomic mass is 9.90. The first kappa shape index (κ1) is 86.8. The molecule has 3 fully saturated rings. The van der Waals surface area contributed by atoms with Gasteiger partial charge in [0.05, 0.1) is 30.2 Å². The summed E-state index contributed by atoms with van der Waals surface area (Å²) in [5, 5.41) is 8.00. The van der Waals surface area contributed by atoms with E-state index in [0.717, 1.165) is 32.4 Å². The lowest BCUT2D eigenvalue weighted by Crippen LogP contribution is -2.66. The van der Waals surface area contributed by atoms with Gasteiger partial charge in [-0.15, -0.1) is 0 Å². The van der Waals surface area contributed by atoms with Gasteiger partial charge >= 0.3 is 6.18 Å². The molecular weight excluding hydrogens is 1370 g/mol. The van der Waals surface area contributed by atoms with E-state index in [0.29, 0.717) is 37.7 Å². The van der Waals surface area contributed by atoms with Crippen LogP contribution in [-0.2, 0) is 81.3 Å². The molecule has 29 heteroatoms. The highest BCUT2D eigenvalue weighted by molar-refractivity contribution is 6.31. The number of benzene rings is 2. The zero-order valence-electron chi connectivity index (χ0n) is 64.4. The number of halogens is 4. The second-order valence-electron chi connectivity index (χ2n) is 30.0. The number of likely N-dealkylation sites (N-methyl/N-ethyl adjacent to an activating group) is 8. The van der Waals surface area contributed by atoms with Crippen LogP contribution < -0.4 is 16.0 Å². The minimum atomic E-state index is -4.79. The fourth-order valence-electron chi connectivity index (χ4n) is 13.5. The molecule has 2 heterocycles. The molecular formula is C75H114ClF3N12O13. The Hall–Kier alpha value is -7.88. The molecule has 5 rings (SSSR count). The van der Waals surface area contributed by atoms with Gasteiger partial charge in [-0.2, -0.15) is 13.2 Å². The Morgan fingerprint density at radius 2 is 1.28 bits per heavy atom. The van der Waals surface area contributed by atoms with Crippen molar-refractivity contribution in [2.45, 2.75) is 219 Å².